The molecule has 0 aromatic carbocycles. The SMILES string of the molecule is CCCc1ncccc1OC(=S)N(C)C. The number of aryl methyl sites for hydroxylation is 1. The van der Waals surface area contributed by atoms with E-state index in [1.165, 1.54) is 0 Å². The molecule has 0 atom stereocenters. The van der Waals surface area contributed by atoms with Crippen LogP contribution in [0.1, 0.15) is 19.0 Å². The Morgan fingerprint density at radius 1 is 1.53 bits per heavy atom. The molecule has 0 spiro atoms. The minimum absolute atomic E-state index is 0.459. The van der Waals surface area contributed by atoms with Gasteiger partial charge in [-0.15, -0.1) is 0 Å². The molecule has 0 aliphatic rings. The summed E-state index contributed by atoms with van der Waals surface area (Å²) in [6.07, 6.45) is 3.73. The highest BCUT2D eigenvalue weighted by atomic mass is 32.1. The highest BCUT2D eigenvalue weighted by Gasteiger charge is 2.07. The zero-order valence-corrected chi connectivity index (χ0v) is 10.2. The second kappa shape index (κ2) is 5.66. The molecule has 0 aliphatic carbocycles. The second-order valence-electron chi connectivity index (χ2n) is 3.46. The van der Waals surface area contributed by atoms with Crippen molar-refractivity contribution in [1.82, 2.24) is 9.88 Å². The largest absolute Gasteiger partial charge is 0.430 e. The van der Waals surface area contributed by atoms with E-state index in [0.717, 1.165) is 24.3 Å². The molecule has 0 amide bonds. The van der Waals surface area contributed by atoms with Crippen LogP contribution in [-0.4, -0.2) is 29.2 Å². The average molecular weight is 224 g/mol. The Labute approximate surface area is 96.1 Å². The molecule has 3 nitrogen and oxygen atoms in total. The Balaban J connectivity index is 2.79. The number of pyridine rings is 1. The number of hydrogen-bond acceptors (Lipinski definition) is 3. The molecule has 1 rings (SSSR count). The van der Waals surface area contributed by atoms with Crippen LogP contribution in [0, 0.1) is 0 Å². The fraction of sp³-hybridized carbons (Fsp3) is 0.455. The van der Waals surface area contributed by atoms with Crippen LogP contribution in [0.15, 0.2) is 18.3 Å². The van der Waals surface area contributed by atoms with E-state index in [9.17, 15) is 0 Å². The maximum atomic E-state index is 5.55. The molecule has 0 saturated carbocycles. The summed E-state index contributed by atoms with van der Waals surface area (Å²) in [5, 5.41) is 0.459. The van der Waals surface area contributed by atoms with Crippen LogP contribution in [0.5, 0.6) is 5.75 Å². The van der Waals surface area contributed by atoms with Crippen LogP contribution in [0.25, 0.3) is 0 Å². The monoisotopic (exact) mass is 224 g/mol. The first-order valence-electron chi connectivity index (χ1n) is 4.98. The van der Waals surface area contributed by atoms with Gasteiger partial charge in [-0.05, 0) is 30.8 Å². The molecule has 0 aliphatic heterocycles. The predicted octanol–water partition coefficient (Wildman–Crippen LogP) is 2.26. The van der Waals surface area contributed by atoms with Gasteiger partial charge in [-0.25, -0.2) is 0 Å². The van der Waals surface area contributed by atoms with Gasteiger partial charge < -0.3 is 9.64 Å². The number of ether oxygens (including phenoxy) is 1. The summed E-state index contributed by atoms with van der Waals surface area (Å²) in [5.74, 6) is 0.762. The summed E-state index contributed by atoms with van der Waals surface area (Å²) in [7, 11) is 3.72. The van der Waals surface area contributed by atoms with E-state index in [4.69, 9.17) is 17.0 Å². The van der Waals surface area contributed by atoms with E-state index in [2.05, 4.69) is 11.9 Å². The summed E-state index contributed by atoms with van der Waals surface area (Å²) in [6.45, 7) is 2.11. The summed E-state index contributed by atoms with van der Waals surface area (Å²) >= 11 is 5.08. The van der Waals surface area contributed by atoms with Crippen molar-refractivity contribution in [3.05, 3.63) is 24.0 Å². The number of nitrogens with zero attached hydrogens (tertiary/aromatic N) is 2. The van der Waals surface area contributed by atoms with Crippen LogP contribution in [-0.2, 0) is 6.42 Å². The van der Waals surface area contributed by atoms with Crippen LogP contribution in [0.2, 0.25) is 0 Å². The summed E-state index contributed by atoms with van der Waals surface area (Å²) in [6, 6.07) is 3.75. The molecule has 0 radical (unpaired) electrons. The number of hydrogen-bond donors (Lipinski definition) is 0. The summed E-state index contributed by atoms with van der Waals surface area (Å²) < 4.78 is 5.55. The lowest BCUT2D eigenvalue weighted by atomic mass is 10.2. The van der Waals surface area contributed by atoms with Crippen molar-refractivity contribution in [2.75, 3.05) is 14.1 Å². The minimum atomic E-state index is 0.459. The van der Waals surface area contributed by atoms with Gasteiger partial charge in [0.25, 0.3) is 5.17 Å². The van der Waals surface area contributed by atoms with Gasteiger partial charge >= 0.3 is 0 Å². The third kappa shape index (κ3) is 3.47. The van der Waals surface area contributed by atoms with Crippen LogP contribution in [0.3, 0.4) is 0 Å². The molecular weight excluding hydrogens is 208 g/mol. The van der Waals surface area contributed by atoms with Gasteiger partial charge in [0.2, 0.25) is 0 Å². The predicted molar refractivity (Wildman–Crippen MR) is 65.1 cm³/mol. The normalized spacial score (nSPS) is 9.80. The third-order valence-corrected chi connectivity index (χ3v) is 2.35. The van der Waals surface area contributed by atoms with Crippen molar-refractivity contribution in [2.45, 2.75) is 19.8 Å². The van der Waals surface area contributed by atoms with E-state index in [1.54, 1.807) is 11.1 Å². The zero-order valence-electron chi connectivity index (χ0n) is 9.36. The first-order valence-corrected chi connectivity index (χ1v) is 5.39. The lowest BCUT2D eigenvalue weighted by Gasteiger charge is -2.15. The standard InChI is InChI=1S/C11H16N2OS/c1-4-6-9-10(7-5-8-12-9)14-11(15)13(2)3/h5,7-8H,4,6H2,1-3H3. The molecule has 0 bridgehead atoms. The fourth-order valence-electron chi connectivity index (χ4n) is 1.13. The van der Waals surface area contributed by atoms with E-state index in [-0.39, 0.29) is 0 Å². The zero-order chi connectivity index (χ0) is 11.3. The number of aromatic nitrogens is 1. The van der Waals surface area contributed by atoms with Gasteiger partial charge in [-0.1, -0.05) is 13.3 Å². The Hall–Kier alpha value is -1.16. The van der Waals surface area contributed by atoms with Crippen molar-refractivity contribution < 1.29 is 4.74 Å². The van der Waals surface area contributed by atoms with Crippen molar-refractivity contribution in [1.29, 1.82) is 0 Å². The maximum absolute atomic E-state index is 5.55. The van der Waals surface area contributed by atoms with Crippen LogP contribution < -0.4 is 4.74 Å². The Bertz CT molecular complexity index is 339. The molecule has 82 valence electrons. The van der Waals surface area contributed by atoms with Gasteiger partial charge in [-0.2, -0.15) is 0 Å². The molecule has 0 unspecified atom stereocenters. The topological polar surface area (TPSA) is 25.4 Å². The van der Waals surface area contributed by atoms with Crippen molar-refractivity contribution >= 4 is 17.4 Å². The Morgan fingerprint density at radius 2 is 2.27 bits per heavy atom. The molecule has 4 heteroatoms. The van der Waals surface area contributed by atoms with E-state index in [0.29, 0.717) is 5.17 Å². The summed E-state index contributed by atoms with van der Waals surface area (Å²) in [5.41, 5.74) is 0.962. The van der Waals surface area contributed by atoms with Gasteiger partial charge in [0.1, 0.15) is 0 Å². The van der Waals surface area contributed by atoms with Gasteiger partial charge in [0.15, 0.2) is 5.75 Å². The highest BCUT2D eigenvalue weighted by Crippen LogP contribution is 2.17. The Morgan fingerprint density at radius 3 is 2.87 bits per heavy atom. The Kier molecular flexibility index (Phi) is 4.49. The molecule has 0 fully saturated rings. The van der Waals surface area contributed by atoms with Crippen LogP contribution in [0.4, 0.5) is 0 Å². The quantitative estimate of drug-likeness (QED) is 0.735. The fourth-order valence-corrected chi connectivity index (χ4v) is 1.22. The molecule has 1 aromatic rings. The van der Waals surface area contributed by atoms with Gasteiger partial charge in [-0.3, -0.25) is 4.98 Å². The smallest absolute Gasteiger partial charge is 0.264 e. The average Bonchev–Trinajstić information content (AvgIpc) is 2.21. The number of rotatable bonds is 3. The maximum Gasteiger partial charge on any atom is 0.264 e. The van der Waals surface area contributed by atoms with E-state index >= 15 is 0 Å². The van der Waals surface area contributed by atoms with Crippen molar-refractivity contribution in [2.24, 2.45) is 0 Å². The molecule has 1 aromatic heterocycles. The lowest BCUT2D eigenvalue weighted by Crippen LogP contribution is -2.25. The molecule has 1 heterocycles. The molecular formula is C11H16N2OS. The third-order valence-electron chi connectivity index (χ3n) is 1.90. The minimum Gasteiger partial charge on any atom is -0.430 e. The first-order chi connectivity index (χ1) is 7.15. The second-order valence-corrected chi connectivity index (χ2v) is 3.81. The molecule has 0 N–H and O–H groups in total. The summed E-state index contributed by atoms with van der Waals surface area (Å²) in [4.78, 5) is 6.04. The lowest BCUT2D eigenvalue weighted by molar-refractivity contribution is 0.443. The van der Waals surface area contributed by atoms with Crippen LogP contribution >= 0.6 is 12.2 Å². The molecule has 0 saturated heterocycles. The van der Waals surface area contributed by atoms with E-state index in [1.807, 2.05) is 26.2 Å². The highest BCUT2D eigenvalue weighted by molar-refractivity contribution is 7.80. The van der Waals surface area contributed by atoms with Crippen molar-refractivity contribution in [3.8, 4) is 5.75 Å². The van der Waals surface area contributed by atoms with Crippen molar-refractivity contribution in [3.63, 3.8) is 0 Å². The van der Waals surface area contributed by atoms with Gasteiger partial charge in [0, 0.05) is 20.3 Å². The number of thiocarbonyl (C=S) groups is 1. The van der Waals surface area contributed by atoms with Gasteiger partial charge in [0.05, 0.1) is 5.69 Å². The molecule has 15 heavy (non-hydrogen) atoms. The van der Waals surface area contributed by atoms with E-state index < -0.39 is 0 Å². The first kappa shape index (κ1) is 11.9.